The van der Waals surface area contributed by atoms with Gasteiger partial charge in [-0.05, 0) is 63.1 Å². The van der Waals surface area contributed by atoms with Gasteiger partial charge in [-0.2, -0.15) is 4.57 Å². The van der Waals surface area contributed by atoms with Crippen molar-refractivity contribution in [1.82, 2.24) is 4.57 Å². The number of Topliss-reactive ketones (excluding diaryl/α,β-unsaturated/α-hetero) is 1. The number of aromatic amines is 1. The van der Waals surface area contributed by atoms with Crippen LogP contribution in [0.5, 0.6) is 0 Å². The van der Waals surface area contributed by atoms with E-state index in [4.69, 9.17) is 0 Å². The van der Waals surface area contributed by atoms with Crippen molar-refractivity contribution in [1.29, 1.82) is 0 Å². The number of rotatable bonds is 6. The predicted octanol–water partition coefficient (Wildman–Crippen LogP) is 4.58. The highest BCUT2D eigenvalue weighted by atomic mass is 32.2. The number of ketones is 1. The molecule has 1 aromatic carbocycles. The maximum absolute atomic E-state index is 13.0. The predicted molar refractivity (Wildman–Crippen MR) is 118 cm³/mol. The summed E-state index contributed by atoms with van der Waals surface area (Å²) in [7, 11) is 0. The number of aryl methyl sites for hydroxylation is 5. The molecule has 3 aromatic rings. The zero-order valence-corrected chi connectivity index (χ0v) is 18.6. The third-order valence-electron chi connectivity index (χ3n) is 4.92. The van der Waals surface area contributed by atoms with Crippen LogP contribution in [-0.2, 0) is 6.54 Å². The smallest absolute Gasteiger partial charge is 0.293 e. The van der Waals surface area contributed by atoms with Crippen LogP contribution in [0.1, 0.15) is 37.5 Å². The second-order valence-corrected chi connectivity index (χ2v) is 9.30. The summed E-state index contributed by atoms with van der Waals surface area (Å²) in [4.78, 5) is 31.3. The Morgan fingerprint density at radius 1 is 1.21 bits per heavy atom. The van der Waals surface area contributed by atoms with Crippen molar-refractivity contribution in [2.24, 2.45) is 0 Å². The van der Waals surface area contributed by atoms with Gasteiger partial charge in [0.2, 0.25) is 0 Å². The van der Waals surface area contributed by atoms with E-state index in [2.05, 4.69) is 11.6 Å². The van der Waals surface area contributed by atoms with Gasteiger partial charge in [-0.1, -0.05) is 41.7 Å². The minimum Gasteiger partial charge on any atom is -0.293 e. The Morgan fingerprint density at radius 3 is 2.46 bits per heavy atom. The normalized spacial score (nSPS) is 11.2. The van der Waals surface area contributed by atoms with Crippen molar-refractivity contribution < 1.29 is 9.78 Å². The van der Waals surface area contributed by atoms with Gasteiger partial charge >= 0.3 is 10.7 Å². The molecule has 3 rings (SSSR count). The lowest BCUT2D eigenvalue weighted by Crippen LogP contribution is -2.29. The zero-order valence-electron chi connectivity index (χ0n) is 16.9. The number of fused-ring (bicyclic) bond motifs is 1. The number of carbonyl (C=O) groups excluding carboxylic acids is 1. The third kappa shape index (κ3) is 3.71. The summed E-state index contributed by atoms with van der Waals surface area (Å²) in [5.74, 6) is 0.344. The summed E-state index contributed by atoms with van der Waals surface area (Å²) in [5, 5.41) is 1.42. The lowest BCUT2D eigenvalue weighted by atomic mass is 9.97. The summed E-state index contributed by atoms with van der Waals surface area (Å²) in [5.41, 5.74) is 4.90. The topological polar surface area (TPSA) is 53.2 Å². The molecule has 2 heterocycles. The van der Waals surface area contributed by atoms with Crippen LogP contribution in [-0.4, -0.2) is 16.1 Å². The molecule has 0 aliphatic carbocycles. The molecule has 0 aliphatic heterocycles. The van der Waals surface area contributed by atoms with Gasteiger partial charge in [0.05, 0.1) is 5.75 Å². The second kappa shape index (κ2) is 8.05. The van der Waals surface area contributed by atoms with E-state index in [0.717, 1.165) is 42.9 Å². The Hall–Kier alpha value is -2.18. The molecule has 0 spiro atoms. The first-order chi connectivity index (χ1) is 13.2. The van der Waals surface area contributed by atoms with Crippen molar-refractivity contribution in [3.05, 3.63) is 67.8 Å². The highest BCUT2D eigenvalue weighted by Gasteiger charge is 2.23. The number of allylic oxidation sites excluding steroid dienone is 1. The number of aromatic nitrogens is 2. The van der Waals surface area contributed by atoms with Gasteiger partial charge in [-0.15, -0.1) is 0 Å². The van der Waals surface area contributed by atoms with E-state index in [-0.39, 0.29) is 17.1 Å². The summed E-state index contributed by atoms with van der Waals surface area (Å²) >= 11 is 2.95. The molecule has 0 radical (unpaired) electrons. The molecule has 0 fully saturated rings. The number of H-pyrrole nitrogens is 1. The molecule has 4 nitrogen and oxygen atoms in total. The van der Waals surface area contributed by atoms with Gasteiger partial charge in [-0.3, -0.25) is 4.79 Å². The Kier molecular flexibility index (Phi) is 5.91. The number of nitrogens with zero attached hydrogens (tertiary/aromatic N) is 1. The Labute approximate surface area is 173 Å². The van der Waals surface area contributed by atoms with Crippen LogP contribution in [0.15, 0.2) is 34.7 Å². The van der Waals surface area contributed by atoms with Crippen molar-refractivity contribution in [3.63, 3.8) is 0 Å². The van der Waals surface area contributed by atoms with Gasteiger partial charge in [-0.25, -0.2) is 9.78 Å². The number of hydrogen-bond donors (Lipinski definition) is 0. The summed E-state index contributed by atoms with van der Waals surface area (Å²) in [6.45, 7) is 14.1. The number of nitrogens with one attached hydrogen (secondary N) is 1. The molecule has 0 bridgehead atoms. The van der Waals surface area contributed by atoms with Crippen LogP contribution >= 0.6 is 23.1 Å². The average molecular weight is 414 g/mol. The van der Waals surface area contributed by atoms with E-state index in [1.54, 1.807) is 22.0 Å². The number of thioether (sulfide) groups is 1. The van der Waals surface area contributed by atoms with Crippen molar-refractivity contribution in [2.45, 2.75) is 46.3 Å². The largest absolute Gasteiger partial charge is 0.347 e. The SMILES string of the molecule is C=CCn1c(SCC(=O)c2c(C)cc(C)cc2C)[nH+]c2sc(C)c(C)c2c1=O. The van der Waals surface area contributed by atoms with Gasteiger partial charge in [0, 0.05) is 10.4 Å². The second-order valence-electron chi connectivity index (χ2n) is 7.11. The standard InChI is InChI=1S/C22H24N2O2S2/c1-7-8-24-21(26)19-15(5)16(6)28-20(19)23-22(24)27-11-17(25)18-13(3)9-12(2)10-14(18)4/h7,9-10H,1,8,11H2,2-6H3/p+1. The van der Waals surface area contributed by atoms with E-state index >= 15 is 0 Å². The molecule has 28 heavy (non-hydrogen) atoms. The highest BCUT2D eigenvalue weighted by molar-refractivity contribution is 7.99. The molecular formula is C22H25N2O2S2+. The number of hydrogen-bond acceptors (Lipinski definition) is 4. The van der Waals surface area contributed by atoms with Crippen LogP contribution in [0.4, 0.5) is 0 Å². The van der Waals surface area contributed by atoms with Gasteiger partial charge in [0.25, 0.3) is 0 Å². The minimum absolute atomic E-state index is 0.0341. The average Bonchev–Trinajstić information content (AvgIpc) is 2.89. The maximum Gasteiger partial charge on any atom is 0.347 e. The van der Waals surface area contributed by atoms with Crippen molar-refractivity contribution >= 4 is 39.1 Å². The molecule has 0 aliphatic rings. The first-order valence-corrected chi connectivity index (χ1v) is 10.9. The van der Waals surface area contributed by atoms with Crippen LogP contribution in [0.2, 0.25) is 0 Å². The molecule has 146 valence electrons. The van der Waals surface area contributed by atoms with E-state index in [0.29, 0.717) is 11.7 Å². The van der Waals surface area contributed by atoms with Crippen LogP contribution in [0.3, 0.4) is 0 Å². The van der Waals surface area contributed by atoms with Gasteiger partial charge < -0.3 is 0 Å². The van der Waals surface area contributed by atoms with Crippen LogP contribution in [0, 0.1) is 34.6 Å². The molecule has 0 saturated heterocycles. The molecule has 6 heteroatoms. The fraction of sp³-hybridized carbons (Fsp3) is 0.318. The zero-order chi connectivity index (χ0) is 20.6. The molecule has 2 aromatic heterocycles. The summed E-state index contributed by atoms with van der Waals surface area (Å²) < 4.78 is 1.67. The van der Waals surface area contributed by atoms with E-state index in [9.17, 15) is 9.59 Å². The van der Waals surface area contributed by atoms with Crippen molar-refractivity contribution in [2.75, 3.05) is 5.75 Å². The molecule has 0 saturated carbocycles. The van der Waals surface area contributed by atoms with Gasteiger partial charge in [0.15, 0.2) is 10.6 Å². The number of thiophene rings is 1. The molecular weight excluding hydrogens is 388 g/mol. The lowest BCUT2D eigenvalue weighted by Gasteiger charge is -2.10. The monoisotopic (exact) mass is 413 g/mol. The summed E-state index contributed by atoms with van der Waals surface area (Å²) in [6, 6.07) is 4.07. The van der Waals surface area contributed by atoms with E-state index in [1.807, 2.05) is 46.8 Å². The first kappa shape index (κ1) is 20.6. The fourth-order valence-electron chi connectivity index (χ4n) is 3.60. The molecule has 0 atom stereocenters. The molecule has 1 N–H and O–H groups in total. The Balaban J connectivity index is 1.98. The quantitative estimate of drug-likeness (QED) is 0.257. The lowest BCUT2D eigenvalue weighted by molar-refractivity contribution is -0.404. The molecule has 0 unspecified atom stereocenters. The first-order valence-electron chi connectivity index (χ1n) is 9.15. The van der Waals surface area contributed by atoms with E-state index < -0.39 is 0 Å². The van der Waals surface area contributed by atoms with E-state index in [1.165, 1.54) is 11.8 Å². The highest BCUT2D eigenvalue weighted by Crippen LogP contribution is 2.26. The minimum atomic E-state index is -0.0341. The van der Waals surface area contributed by atoms with Crippen molar-refractivity contribution in [3.8, 4) is 0 Å². The fourth-order valence-corrected chi connectivity index (χ4v) is 5.61. The van der Waals surface area contributed by atoms with Gasteiger partial charge in [0.1, 0.15) is 11.9 Å². The maximum atomic E-state index is 13.0. The number of benzene rings is 1. The van der Waals surface area contributed by atoms with Crippen LogP contribution in [0.25, 0.3) is 10.2 Å². The summed E-state index contributed by atoms with van der Waals surface area (Å²) in [6.07, 6.45) is 1.70. The third-order valence-corrected chi connectivity index (χ3v) is 7.04. The number of carbonyl (C=O) groups is 1. The van der Waals surface area contributed by atoms with Crippen LogP contribution < -0.4 is 10.5 Å². The Morgan fingerprint density at radius 2 is 1.86 bits per heavy atom. The molecule has 0 amide bonds. The Bertz CT molecular complexity index is 1130.